The van der Waals surface area contributed by atoms with Gasteiger partial charge in [0.1, 0.15) is 16.7 Å². The lowest BCUT2D eigenvalue weighted by Crippen LogP contribution is -2.42. The molecule has 3 aliphatic rings. The van der Waals surface area contributed by atoms with Gasteiger partial charge >= 0.3 is 0 Å². The number of carbonyl (C=O) groups excluding carboxylic acids is 1. The first-order valence-electron chi connectivity index (χ1n) is 16.6. The van der Waals surface area contributed by atoms with Gasteiger partial charge in [-0.25, -0.2) is 4.21 Å². The van der Waals surface area contributed by atoms with Crippen LogP contribution < -0.4 is 14.4 Å². The molecule has 1 aliphatic carbocycles. The average Bonchev–Trinajstić information content (AvgIpc) is 3.18. The average molecular weight is 645 g/mol. The number of ether oxygens (including phenoxy) is 3. The van der Waals surface area contributed by atoms with E-state index in [9.17, 15) is 9.00 Å². The van der Waals surface area contributed by atoms with Crippen molar-refractivity contribution in [2.75, 3.05) is 43.6 Å². The van der Waals surface area contributed by atoms with Gasteiger partial charge in [-0.05, 0) is 84.9 Å². The second kappa shape index (κ2) is 15.9. The summed E-state index contributed by atoms with van der Waals surface area (Å²) in [6.45, 7) is 10.1. The van der Waals surface area contributed by atoms with Gasteiger partial charge in [0, 0.05) is 41.8 Å². The van der Waals surface area contributed by atoms with E-state index in [0.717, 1.165) is 87.7 Å². The molecule has 9 heteroatoms. The number of hydrogen-bond acceptors (Lipinski definition) is 6. The first kappa shape index (κ1) is 33.2. The smallest absolute Gasteiger partial charge is 0.263 e. The Morgan fingerprint density at radius 3 is 2.61 bits per heavy atom. The molecule has 0 bridgehead atoms. The normalized spacial score (nSPS) is 23.5. The Morgan fingerprint density at radius 1 is 1.09 bits per heavy atom. The summed E-state index contributed by atoms with van der Waals surface area (Å²) in [7, 11) is -1.42. The number of aryl methyl sites for hydroxylation is 1. The minimum absolute atomic E-state index is 0.106. The summed E-state index contributed by atoms with van der Waals surface area (Å²) in [6, 6.07) is 11.9. The second-order valence-corrected chi connectivity index (χ2v) is 14.5. The Bertz CT molecular complexity index is 1290. The van der Waals surface area contributed by atoms with Gasteiger partial charge in [0.25, 0.3) is 5.91 Å². The van der Waals surface area contributed by atoms with Crippen molar-refractivity contribution >= 4 is 34.2 Å². The second-order valence-electron chi connectivity index (χ2n) is 12.9. The van der Waals surface area contributed by atoms with Gasteiger partial charge in [0.2, 0.25) is 0 Å². The van der Waals surface area contributed by atoms with Crippen LogP contribution in [0, 0.1) is 17.8 Å². The van der Waals surface area contributed by atoms with Crippen LogP contribution in [0.2, 0.25) is 5.02 Å². The van der Waals surface area contributed by atoms with Crippen LogP contribution in [0.4, 0.5) is 5.69 Å². The van der Waals surface area contributed by atoms with Gasteiger partial charge in [-0.2, -0.15) is 0 Å². The molecule has 5 unspecified atom stereocenters. The van der Waals surface area contributed by atoms with Crippen LogP contribution in [-0.4, -0.2) is 55.1 Å². The van der Waals surface area contributed by atoms with Crippen LogP contribution >= 0.6 is 11.6 Å². The summed E-state index contributed by atoms with van der Waals surface area (Å²) < 4.78 is 33.7. The third kappa shape index (κ3) is 8.56. The highest BCUT2D eigenvalue weighted by Gasteiger charge is 2.37. The predicted molar refractivity (Wildman–Crippen MR) is 178 cm³/mol. The highest BCUT2D eigenvalue weighted by molar-refractivity contribution is 7.83. The van der Waals surface area contributed by atoms with Crippen LogP contribution in [0.25, 0.3) is 0 Å². The monoisotopic (exact) mass is 644 g/mol. The predicted octanol–water partition coefficient (Wildman–Crippen LogP) is 7.28. The molecule has 1 saturated carbocycles. The molecule has 44 heavy (non-hydrogen) atoms. The summed E-state index contributed by atoms with van der Waals surface area (Å²) in [6.07, 6.45) is 8.14. The molecule has 1 N–H and O–H groups in total. The van der Waals surface area contributed by atoms with Crippen LogP contribution in [0.3, 0.4) is 0 Å². The molecule has 2 aromatic rings. The lowest BCUT2D eigenvalue weighted by molar-refractivity contribution is -0.192. The van der Waals surface area contributed by atoms with Gasteiger partial charge < -0.3 is 19.1 Å². The number of amides is 1. The first-order chi connectivity index (χ1) is 21.3. The van der Waals surface area contributed by atoms with E-state index in [0.29, 0.717) is 35.7 Å². The molecule has 0 aromatic heterocycles. The Morgan fingerprint density at radius 2 is 1.89 bits per heavy atom. The van der Waals surface area contributed by atoms with E-state index in [-0.39, 0.29) is 18.1 Å². The third-order valence-electron chi connectivity index (χ3n) is 9.35. The van der Waals surface area contributed by atoms with E-state index in [2.05, 4.69) is 42.5 Å². The third-order valence-corrected chi connectivity index (χ3v) is 10.9. The Kier molecular flexibility index (Phi) is 12.0. The van der Waals surface area contributed by atoms with Gasteiger partial charge in [0.05, 0.1) is 25.5 Å². The fourth-order valence-electron chi connectivity index (χ4n) is 6.88. The van der Waals surface area contributed by atoms with Crippen molar-refractivity contribution < 1.29 is 23.2 Å². The van der Waals surface area contributed by atoms with E-state index in [1.54, 1.807) is 6.07 Å². The van der Waals surface area contributed by atoms with Gasteiger partial charge in [-0.15, -0.1) is 0 Å². The zero-order valence-corrected chi connectivity index (χ0v) is 28.1. The molecular weight excluding hydrogens is 596 g/mol. The maximum absolute atomic E-state index is 13.3. The summed E-state index contributed by atoms with van der Waals surface area (Å²) >= 11 is 6.42. The lowest BCUT2D eigenvalue weighted by Gasteiger charge is -2.42. The van der Waals surface area contributed by atoms with E-state index < -0.39 is 11.0 Å². The Balaban J connectivity index is 1.38. The van der Waals surface area contributed by atoms with E-state index in [1.165, 1.54) is 17.5 Å². The Hall–Kier alpha value is -2.13. The fourth-order valence-corrected chi connectivity index (χ4v) is 8.17. The van der Waals surface area contributed by atoms with Crippen molar-refractivity contribution in [1.29, 1.82) is 0 Å². The molecule has 2 fully saturated rings. The Labute approximate surface area is 270 Å². The molecule has 2 heterocycles. The summed E-state index contributed by atoms with van der Waals surface area (Å²) in [5, 5.41) is 0.758. The zero-order chi connectivity index (χ0) is 31.1. The zero-order valence-electron chi connectivity index (χ0n) is 26.5. The summed E-state index contributed by atoms with van der Waals surface area (Å²) in [5.74, 6) is 2.40. The highest BCUT2D eigenvalue weighted by atomic mass is 35.5. The number of rotatable bonds is 13. The summed E-state index contributed by atoms with van der Waals surface area (Å²) in [5.41, 5.74) is 3.97. The van der Waals surface area contributed by atoms with E-state index >= 15 is 0 Å². The largest absolute Gasteiger partial charge is 0.491 e. The molecule has 2 aromatic carbocycles. The van der Waals surface area contributed by atoms with Crippen molar-refractivity contribution in [2.45, 2.75) is 84.3 Å². The molecule has 5 rings (SSSR count). The molecule has 5 atom stereocenters. The molecule has 1 saturated heterocycles. The quantitative estimate of drug-likeness (QED) is 0.247. The van der Waals surface area contributed by atoms with Gasteiger partial charge in [-0.1, -0.05) is 57.7 Å². The van der Waals surface area contributed by atoms with Crippen LogP contribution in [0.5, 0.6) is 5.75 Å². The number of fused-ring (bicyclic) bond motifs is 1. The number of hydrogen-bond donors (Lipinski definition) is 1. The van der Waals surface area contributed by atoms with Gasteiger partial charge in [0.15, 0.2) is 6.29 Å². The topological polar surface area (TPSA) is 77.1 Å². The summed E-state index contributed by atoms with van der Waals surface area (Å²) in [4.78, 5) is 15.7. The minimum atomic E-state index is -1.42. The van der Waals surface area contributed by atoms with Crippen molar-refractivity contribution in [1.82, 2.24) is 4.72 Å². The molecule has 1 amide bonds. The van der Waals surface area contributed by atoms with Crippen LogP contribution in [-0.2, 0) is 26.9 Å². The van der Waals surface area contributed by atoms with Crippen molar-refractivity contribution in [2.24, 2.45) is 17.8 Å². The van der Waals surface area contributed by atoms with Crippen molar-refractivity contribution in [3.8, 4) is 5.75 Å². The molecule has 2 aliphatic heterocycles. The molecule has 0 radical (unpaired) electrons. The van der Waals surface area contributed by atoms with E-state index in [1.807, 2.05) is 18.2 Å². The first-order valence-corrected chi connectivity index (χ1v) is 18.3. The number of benzene rings is 2. The maximum atomic E-state index is 13.3. The highest BCUT2D eigenvalue weighted by Crippen LogP contribution is 2.43. The maximum Gasteiger partial charge on any atom is 0.263 e. The van der Waals surface area contributed by atoms with Crippen LogP contribution in [0.1, 0.15) is 93.1 Å². The fraction of sp³-hybridized carbons (Fsp3) is 0.629. The molecular formula is C35H49ClN2O5S. The molecule has 242 valence electrons. The van der Waals surface area contributed by atoms with Crippen molar-refractivity contribution in [3.63, 3.8) is 0 Å². The van der Waals surface area contributed by atoms with E-state index in [4.69, 9.17) is 25.8 Å². The number of halogens is 1. The minimum Gasteiger partial charge on any atom is -0.491 e. The SMILES string of the molecule is CCCc1cc(Cl)ccc1C1COc2ccc(C(=O)NS(=O)CC(C)CCC)cc2N(CC2CCC2CC2OCCCO2)C1. The standard InChI is InChI=1S/C35H49ClN2O5S/c1-4-7-24(3)23-44(40)37-35(39)27-11-14-33-32(18-27)38(20-28-10-9-25(28)19-34-41-15-6-16-42-34)21-29(22-43-33)31-13-12-30(36)17-26(31)8-5-2/h11-14,17-18,24-25,28-29,34H,4-10,15-16,19-23H2,1-3H3,(H,37,39). The number of anilines is 1. The molecule has 0 spiro atoms. The lowest BCUT2D eigenvalue weighted by atomic mass is 9.71. The van der Waals surface area contributed by atoms with Gasteiger partial charge in [-0.3, -0.25) is 9.52 Å². The van der Waals surface area contributed by atoms with Crippen molar-refractivity contribution in [3.05, 3.63) is 58.1 Å². The number of nitrogens with zero attached hydrogens (tertiary/aromatic N) is 1. The van der Waals surface area contributed by atoms with Crippen LogP contribution in [0.15, 0.2) is 36.4 Å². The number of nitrogens with one attached hydrogen (secondary N) is 1. The molecule has 7 nitrogen and oxygen atoms in total. The number of carbonyl (C=O) groups is 1.